The lowest BCUT2D eigenvalue weighted by Gasteiger charge is -2.38. The van der Waals surface area contributed by atoms with Gasteiger partial charge in [-0.05, 0) is 140 Å². The summed E-state index contributed by atoms with van der Waals surface area (Å²) < 4.78 is 41.2. The van der Waals surface area contributed by atoms with Gasteiger partial charge in [0.15, 0.2) is 0 Å². The predicted octanol–water partition coefficient (Wildman–Crippen LogP) is 5.03. The molecule has 0 aromatic carbocycles. The minimum absolute atomic E-state index is 0.00625. The Balaban J connectivity index is 1.78. The number of carbonyl (C=O) groups is 11. The second-order valence-corrected chi connectivity index (χ2v) is 27.6. The van der Waals surface area contributed by atoms with E-state index in [9.17, 15) is 61.1 Å². The molecule has 4 aliphatic rings. The average molecular weight is 1290 g/mol. The maximum absolute atomic E-state index is 15.1. The van der Waals surface area contributed by atoms with Crippen molar-refractivity contribution in [3.05, 3.63) is 0 Å². The van der Waals surface area contributed by atoms with Crippen LogP contribution < -0.4 is 16.0 Å². The first kappa shape index (κ1) is 75.7. The number of likely N-dealkylation sites (N-methyl/N-ethyl adjacent to an activating group) is 7. The number of amides is 11. The summed E-state index contributed by atoms with van der Waals surface area (Å²) in [5.41, 5.74) is 0. The van der Waals surface area contributed by atoms with Gasteiger partial charge in [-0.15, -0.1) is 11.6 Å². The van der Waals surface area contributed by atoms with Crippen molar-refractivity contribution in [2.75, 3.05) is 75.5 Å². The second-order valence-electron chi connectivity index (χ2n) is 27.0. The molecule has 26 heteroatoms. The number of carbonyl (C=O) groups excluding carboxylic acids is 11. The molecule has 4 rings (SSSR count). The third-order valence-electron chi connectivity index (χ3n) is 19.0. The summed E-state index contributed by atoms with van der Waals surface area (Å²) in [7, 11) is 9.97. The summed E-state index contributed by atoms with van der Waals surface area (Å²) in [6.45, 7) is 12.7. The van der Waals surface area contributed by atoms with Crippen LogP contribution in [0.4, 0.5) is 13.2 Å². The zero-order valence-corrected chi connectivity index (χ0v) is 56.3. The van der Waals surface area contributed by atoms with E-state index in [0.29, 0.717) is 38.5 Å². The van der Waals surface area contributed by atoms with E-state index in [1.807, 2.05) is 34.6 Å². The number of hydrogen-bond acceptors (Lipinski definition) is 11. The molecule has 89 heavy (non-hydrogen) atoms. The van der Waals surface area contributed by atoms with Gasteiger partial charge in [-0.2, -0.15) is 13.2 Å². The maximum atomic E-state index is 15.1. The Morgan fingerprint density at radius 2 is 1.09 bits per heavy atom. The fourth-order valence-electron chi connectivity index (χ4n) is 12.7. The molecule has 506 valence electrons. The third-order valence-corrected chi connectivity index (χ3v) is 19.5. The molecule has 22 nitrogen and oxygen atoms in total. The number of hydrogen-bond donors (Lipinski definition) is 3. The summed E-state index contributed by atoms with van der Waals surface area (Å²) in [6, 6.07) is -8.71. The zero-order chi connectivity index (χ0) is 67.1. The first-order valence-corrected chi connectivity index (χ1v) is 32.6. The second kappa shape index (κ2) is 34.1. The molecule has 0 bridgehead atoms. The third kappa shape index (κ3) is 21.4. The molecule has 0 aromatic rings. The summed E-state index contributed by atoms with van der Waals surface area (Å²) in [6.07, 6.45) is 0.309. The standard InChI is InChI=1S/C63H105ClF3N11O11/c1-16-39(6)55-62(89)73(11)35-53(81)71(9)36-54(82)75(13)50(33-43-21-26-45(64)27-22-43)59(86)72(10)34-51(79)69-46(28-23-42-19-24-44(25-20-42)63(65,66)67)58(85)78-29-17-18-47(78)60(87)77(15)49(31-38(4)5)61(88)76(14)48(30-37(2)3)57(84)68-40(7)32-52(80)74(12)41(8)56(83)70-55/h37-50,55H,16-36H2,1-15H3,(H,68,84)(H,69,79)(H,70,83)/t39-,40+,41-,42?,43?,44?,45?,46-,47-,48-,49-,50-,55-/m0/s1. The molecular weight excluding hydrogens is 1180 g/mol. The van der Waals surface area contributed by atoms with Crippen LogP contribution >= 0.6 is 11.6 Å². The van der Waals surface area contributed by atoms with Crippen molar-refractivity contribution in [2.45, 2.75) is 224 Å². The van der Waals surface area contributed by atoms with Gasteiger partial charge < -0.3 is 55.1 Å². The molecule has 3 N–H and O–H groups in total. The van der Waals surface area contributed by atoms with E-state index in [1.165, 1.54) is 80.8 Å². The fraction of sp³-hybridized carbons (Fsp3) is 0.825. The molecule has 2 aliphatic heterocycles. The van der Waals surface area contributed by atoms with Gasteiger partial charge in [0.05, 0.1) is 25.6 Å². The summed E-state index contributed by atoms with van der Waals surface area (Å²) in [5.74, 6) is -9.04. The molecule has 2 aliphatic carbocycles. The normalized spacial score (nSPS) is 30.3. The van der Waals surface area contributed by atoms with E-state index in [1.54, 1.807) is 13.8 Å². The molecule has 0 unspecified atom stereocenters. The van der Waals surface area contributed by atoms with E-state index >= 15 is 4.79 Å². The number of alkyl halides is 4. The number of halogens is 4. The molecule has 0 aromatic heterocycles. The van der Waals surface area contributed by atoms with Crippen LogP contribution in [-0.4, -0.2) is 240 Å². The molecule has 0 spiro atoms. The Morgan fingerprint density at radius 1 is 0.539 bits per heavy atom. The van der Waals surface area contributed by atoms with Gasteiger partial charge in [-0.1, -0.05) is 48.0 Å². The summed E-state index contributed by atoms with van der Waals surface area (Å²) in [5, 5.41) is 8.43. The van der Waals surface area contributed by atoms with Crippen LogP contribution in [0.1, 0.15) is 165 Å². The molecule has 2 saturated heterocycles. The molecule has 9 atom stereocenters. The molecule has 0 radical (unpaired) electrons. The van der Waals surface area contributed by atoms with Crippen molar-refractivity contribution < 1.29 is 65.9 Å². The highest BCUT2D eigenvalue weighted by Crippen LogP contribution is 2.41. The highest BCUT2D eigenvalue weighted by molar-refractivity contribution is 6.20. The van der Waals surface area contributed by atoms with Crippen molar-refractivity contribution in [1.82, 2.24) is 55.1 Å². The minimum atomic E-state index is -4.34. The largest absolute Gasteiger partial charge is 0.391 e. The zero-order valence-electron chi connectivity index (χ0n) is 55.6. The Bertz CT molecular complexity index is 2480. The summed E-state index contributed by atoms with van der Waals surface area (Å²) in [4.78, 5) is 168. The number of nitrogens with zero attached hydrogens (tertiary/aromatic N) is 8. The van der Waals surface area contributed by atoms with Crippen LogP contribution in [-0.2, 0) is 52.7 Å². The topological polar surface area (TPSA) is 250 Å². The number of nitrogens with one attached hydrogen (secondary N) is 3. The van der Waals surface area contributed by atoms with Gasteiger partial charge in [0.25, 0.3) is 0 Å². The first-order chi connectivity index (χ1) is 41.5. The van der Waals surface area contributed by atoms with Crippen LogP contribution in [0.3, 0.4) is 0 Å². The van der Waals surface area contributed by atoms with Gasteiger partial charge in [0.2, 0.25) is 65.0 Å². The van der Waals surface area contributed by atoms with Crippen LogP contribution in [0.2, 0.25) is 0 Å². The van der Waals surface area contributed by atoms with Gasteiger partial charge in [0.1, 0.15) is 42.3 Å². The van der Waals surface area contributed by atoms with Crippen LogP contribution in [0.15, 0.2) is 0 Å². The quantitative estimate of drug-likeness (QED) is 0.232. The lowest BCUT2D eigenvalue weighted by atomic mass is 9.79. The lowest BCUT2D eigenvalue weighted by molar-refractivity contribution is -0.184. The highest BCUT2D eigenvalue weighted by Gasteiger charge is 2.45. The van der Waals surface area contributed by atoms with Crippen LogP contribution in [0.5, 0.6) is 0 Å². The van der Waals surface area contributed by atoms with E-state index in [2.05, 4.69) is 16.0 Å². The minimum Gasteiger partial charge on any atom is -0.351 e. The van der Waals surface area contributed by atoms with Crippen molar-refractivity contribution >= 4 is 76.6 Å². The Hall–Kier alpha value is -5.75. The van der Waals surface area contributed by atoms with Crippen molar-refractivity contribution in [3.8, 4) is 0 Å². The SMILES string of the molecule is CC[C@H](C)[C@@H]1NC(=O)[C@H](C)N(C)C(=O)C[C@@H](C)NC(=O)[C@H](CC(C)C)N(C)C(=O)[C@H](CC(C)C)N(C)C(=O)[C@@H]2CCCN2C(=O)[C@H](CCC2CCC(C(F)(F)F)CC2)NC(=O)CN(C)C(=O)[C@H](CC2CCC(Cl)CC2)N(C)C(=O)CN(C)C(=O)CN(C)C1=O. The van der Waals surface area contributed by atoms with E-state index in [-0.39, 0.29) is 106 Å². The van der Waals surface area contributed by atoms with E-state index in [4.69, 9.17) is 11.6 Å². The molecular formula is C63H105ClF3N11O11. The van der Waals surface area contributed by atoms with Gasteiger partial charge in [-0.3, -0.25) is 52.7 Å². The van der Waals surface area contributed by atoms with E-state index < -0.39 is 151 Å². The van der Waals surface area contributed by atoms with Gasteiger partial charge in [-0.25, -0.2) is 0 Å². The average Bonchev–Trinajstić information content (AvgIpc) is 3.96. The van der Waals surface area contributed by atoms with Gasteiger partial charge in [0, 0.05) is 73.7 Å². The van der Waals surface area contributed by atoms with Crippen LogP contribution in [0.25, 0.3) is 0 Å². The molecule has 2 saturated carbocycles. The van der Waals surface area contributed by atoms with Gasteiger partial charge >= 0.3 is 6.18 Å². The summed E-state index contributed by atoms with van der Waals surface area (Å²) >= 11 is 6.47. The lowest BCUT2D eigenvalue weighted by Crippen LogP contribution is -2.59. The fourth-order valence-corrected chi connectivity index (χ4v) is 13.0. The molecule has 11 amide bonds. The highest BCUT2D eigenvalue weighted by atomic mass is 35.5. The maximum Gasteiger partial charge on any atom is 0.391 e. The van der Waals surface area contributed by atoms with E-state index in [0.717, 1.165) is 14.7 Å². The Kier molecular flexibility index (Phi) is 29.0. The van der Waals surface area contributed by atoms with Crippen LogP contribution in [0, 0.1) is 35.5 Å². The predicted molar refractivity (Wildman–Crippen MR) is 331 cm³/mol. The Morgan fingerprint density at radius 3 is 1.66 bits per heavy atom. The first-order valence-electron chi connectivity index (χ1n) is 32.2. The molecule has 4 fully saturated rings. The number of fused-ring (bicyclic) bond motifs is 1. The number of rotatable bonds is 11. The smallest absolute Gasteiger partial charge is 0.351 e. The Labute approximate surface area is 531 Å². The molecule has 2 heterocycles. The van der Waals surface area contributed by atoms with Crippen molar-refractivity contribution in [3.63, 3.8) is 0 Å². The van der Waals surface area contributed by atoms with Crippen molar-refractivity contribution in [2.24, 2.45) is 35.5 Å². The van der Waals surface area contributed by atoms with Crippen molar-refractivity contribution in [1.29, 1.82) is 0 Å². The monoisotopic (exact) mass is 1280 g/mol.